The Balaban J connectivity index is 1.84. The van der Waals surface area contributed by atoms with Gasteiger partial charge in [-0.1, -0.05) is 74.5 Å². The topological polar surface area (TPSA) is 81.7 Å². The third-order valence-electron chi connectivity index (χ3n) is 5.36. The van der Waals surface area contributed by atoms with Crippen molar-refractivity contribution < 1.29 is 23.9 Å². The Labute approximate surface area is 203 Å². The minimum atomic E-state index is -0.751. The molecule has 0 aliphatic heterocycles. The van der Waals surface area contributed by atoms with E-state index in [1.165, 1.54) is 0 Å². The highest BCUT2D eigenvalue weighted by Crippen LogP contribution is 2.36. The van der Waals surface area contributed by atoms with Gasteiger partial charge >= 0.3 is 11.9 Å². The van der Waals surface area contributed by atoms with Crippen molar-refractivity contribution in [3.8, 4) is 0 Å². The molecule has 0 aliphatic carbocycles. The summed E-state index contributed by atoms with van der Waals surface area (Å²) >= 11 is 1.03. The first-order chi connectivity index (χ1) is 16.2. The Morgan fingerprint density at radius 3 is 2.06 bits per heavy atom. The lowest BCUT2D eigenvalue weighted by atomic mass is 9.85. The molecule has 0 unspecified atom stereocenters. The van der Waals surface area contributed by atoms with Crippen molar-refractivity contribution in [1.29, 1.82) is 0 Å². The lowest BCUT2D eigenvalue weighted by molar-refractivity contribution is -0.123. The number of thiophene rings is 1. The Bertz CT molecular complexity index is 1150. The maximum Gasteiger partial charge on any atom is 0.349 e. The van der Waals surface area contributed by atoms with Gasteiger partial charge in [-0.15, -0.1) is 11.3 Å². The summed E-state index contributed by atoms with van der Waals surface area (Å²) in [6, 6.07) is 19.1. The van der Waals surface area contributed by atoms with Gasteiger partial charge in [0.1, 0.15) is 16.5 Å². The van der Waals surface area contributed by atoms with E-state index in [1.54, 1.807) is 13.8 Å². The van der Waals surface area contributed by atoms with Crippen LogP contribution >= 0.6 is 11.3 Å². The number of hydrogen-bond donors (Lipinski definition) is 1. The highest BCUT2D eigenvalue weighted by molar-refractivity contribution is 7.18. The van der Waals surface area contributed by atoms with Crippen LogP contribution in [0.4, 0.5) is 5.00 Å². The molecule has 34 heavy (non-hydrogen) atoms. The summed E-state index contributed by atoms with van der Waals surface area (Å²) in [6.45, 7) is 7.33. The van der Waals surface area contributed by atoms with Crippen LogP contribution in [0.5, 0.6) is 0 Å². The predicted octanol–water partition coefficient (Wildman–Crippen LogP) is 5.80. The van der Waals surface area contributed by atoms with E-state index in [1.807, 2.05) is 74.5 Å². The van der Waals surface area contributed by atoms with Crippen molar-refractivity contribution in [2.24, 2.45) is 5.41 Å². The molecule has 178 valence electrons. The number of carbonyl (C=O) groups excluding carboxylic acids is 3. The largest absolute Gasteiger partial charge is 0.462 e. The number of nitrogens with one attached hydrogen (secondary N) is 1. The van der Waals surface area contributed by atoms with E-state index in [-0.39, 0.29) is 34.6 Å². The van der Waals surface area contributed by atoms with Crippen LogP contribution < -0.4 is 5.32 Å². The summed E-state index contributed by atoms with van der Waals surface area (Å²) in [5.41, 5.74) is 1.74. The molecule has 0 aliphatic rings. The van der Waals surface area contributed by atoms with Gasteiger partial charge in [0, 0.05) is 5.41 Å². The van der Waals surface area contributed by atoms with E-state index in [0.29, 0.717) is 12.0 Å². The van der Waals surface area contributed by atoms with Gasteiger partial charge in [0.2, 0.25) is 5.91 Å². The van der Waals surface area contributed by atoms with E-state index in [2.05, 4.69) is 5.32 Å². The average Bonchev–Trinajstić information content (AvgIpc) is 3.14. The van der Waals surface area contributed by atoms with Gasteiger partial charge < -0.3 is 14.8 Å². The van der Waals surface area contributed by atoms with Crippen LogP contribution in [0.1, 0.15) is 57.5 Å². The number of esters is 2. The monoisotopic (exact) mass is 479 g/mol. The fraction of sp³-hybridized carbons (Fsp3) is 0.296. The van der Waals surface area contributed by atoms with Gasteiger partial charge in [0.25, 0.3) is 0 Å². The second-order valence-electron chi connectivity index (χ2n) is 8.54. The molecule has 0 fully saturated rings. The van der Waals surface area contributed by atoms with E-state index >= 15 is 0 Å². The second-order valence-corrected chi connectivity index (χ2v) is 9.56. The van der Waals surface area contributed by atoms with E-state index < -0.39 is 17.4 Å². The first-order valence-electron chi connectivity index (χ1n) is 11.1. The first-order valence-corrected chi connectivity index (χ1v) is 11.9. The summed E-state index contributed by atoms with van der Waals surface area (Å²) in [5, 5.41) is 3.16. The minimum absolute atomic E-state index is 0.109. The van der Waals surface area contributed by atoms with Gasteiger partial charge in [-0.05, 0) is 37.0 Å². The first kappa shape index (κ1) is 25.2. The number of benzene rings is 2. The maximum absolute atomic E-state index is 13.2. The number of amides is 1. The lowest BCUT2D eigenvalue weighted by Gasteiger charge is -2.23. The van der Waals surface area contributed by atoms with Crippen molar-refractivity contribution >= 4 is 34.2 Å². The van der Waals surface area contributed by atoms with Crippen LogP contribution in [0.2, 0.25) is 0 Å². The smallest absolute Gasteiger partial charge is 0.349 e. The highest BCUT2D eigenvalue weighted by atomic mass is 32.1. The molecule has 3 rings (SSSR count). The Kier molecular flexibility index (Phi) is 8.23. The molecular formula is C27H29NO5S. The second kappa shape index (κ2) is 11.1. The molecule has 0 bridgehead atoms. The van der Waals surface area contributed by atoms with Crippen molar-refractivity contribution in [3.05, 3.63) is 87.8 Å². The van der Waals surface area contributed by atoms with Crippen LogP contribution in [0.15, 0.2) is 60.7 Å². The molecule has 7 heteroatoms. The fourth-order valence-electron chi connectivity index (χ4n) is 3.49. The molecule has 0 saturated heterocycles. The predicted molar refractivity (Wildman–Crippen MR) is 133 cm³/mol. The normalized spacial score (nSPS) is 11.1. The summed E-state index contributed by atoms with van der Waals surface area (Å²) in [6.07, 6.45) is 0.519. The van der Waals surface area contributed by atoms with Gasteiger partial charge in [-0.3, -0.25) is 4.79 Å². The van der Waals surface area contributed by atoms with Gasteiger partial charge in [-0.25, -0.2) is 9.59 Å². The number of hydrogen-bond acceptors (Lipinski definition) is 6. The van der Waals surface area contributed by atoms with Crippen molar-refractivity contribution in [1.82, 2.24) is 0 Å². The number of anilines is 1. The van der Waals surface area contributed by atoms with Crippen LogP contribution in [-0.4, -0.2) is 24.5 Å². The standard InChI is InChI=1S/C27H29NO5S/c1-5-32-24(29)21-18(2)22(25(30)33-17-20-14-10-7-11-15-20)34-23(21)28-26(31)27(3,4)16-19-12-8-6-9-13-19/h6-15H,5,16-17H2,1-4H3,(H,28,31). The van der Waals surface area contributed by atoms with E-state index in [9.17, 15) is 14.4 Å². The number of ether oxygens (including phenoxy) is 2. The molecule has 6 nitrogen and oxygen atoms in total. The zero-order valence-electron chi connectivity index (χ0n) is 19.8. The van der Waals surface area contributed by atoms with Gasteiger partial charge in [0.15, 0.2) is 0 Å². The van der Waals surface area contributed by atoms with Crippen LogP contribution in [0, 0.1) is 12.3 Å². The number of rotatable bonds is 9. The van der Waals surface area contributed by atoms with Crippen LogP contribution in [0.25, 0.3) is 0 Å². The molecule has 3 aromatic rings. The molecule has 1 aromatic heterocycles. The molecule has 1 amide bonds. The quantitative estimate of drug-likeness (QED) is 0.393. The van der Waals surface area contributed by atoms with E-state index in [0.717, 1.165) is 22.5 Å². The fourth-order valence-corrected chi connectivity index (χ4v) is 4.58. The SMILES string of the molecule is CCOC(=O)c1c(NC(=O)C(C)(C)Cc2ccccc2)sc(C(=O)OCc2ccccc2)c1C. The Morgan fingerprint density at radius 2 is 1.47 bits per heavy atom. The van der Waals surface area contributed by atoms with Crippen molar-refractivity contribution in [2.45, 2.75) is 40.7 Å². The average molecular weight is 480 g/mol. The lowest BCUT2D eigenvalue weighted by Crippen LogP contribution is -2.33. The molecule has 1 N–H and O–H groups in total. The summed E-state index contributed by atoms with van der Waals surface area (Å²) < 4.78 is 10.7. The van der Waals surface area contributed by atoms with Gasteiger partial charge in [0.05, 0.1) is 12.2 Å². The molecule has 0 saturated carbocycles. The zero-order valence-corrected chi connectivity index (χ0v) is 20.7. The minimum Gasteiger partial charge on any atom is -0.462 e. The number of carbonyl (C=O) groups is 3. The Hall–Kier alpha value is -3.45. The van der Waals surface area contributed by atoms with Crippen molar-refractivity contribution in [2.75, 3.05) is 11.9 Å². The zero-order chi connectivity index (χ0) is 24.7. The third kappa shape index (κ3) is 6.11. The van der Waals surface area contributed by atoms with Crippen LogP contribution in [0.3, 0.4) is 0 Å². The molecule has 1 heterocycles. The molecule has 0 spiro atoms. The molecule has 2 aromatic carbocycles. The molecule has 0 radical (unpaired) electrons. The molecule has 0 atom stereocenters. The summed E-state index contributed by atoms with van der Waals surface area (Å²) in [7, 11) is 0. The third-order valence-corrected chi connectivity index (χ3v) is 6.54. The van der Waals surface area contributed by atoms with E-state index in [4.69, 9.17) is 9.47 Å². The maximum atomic E-state index is 13.2. The Morgan fingerprint density at radius 1 is 0.882 bits per heavy atom. The van der Waals surface area contributed by atoms with Gasteiger partial charge in [-0.2, -0.15) is 0 Å². The molecular weight excluding hydrogens is 450 g/mol. The van der Waals surface area contributed by atoms with Crippen molar-refractivity contribution in [3.63, 3.8) is 0 Å². The summed E-state index contributed by atoms with van der Waals surface area (Å²) in [4.78, 5) is 39.0. The highest BCUT2D eigenvalue weighted by Gasteiger charge is 2.32. The van der Waals surface area contributed by atoms with Crippen LogP contribution in [-0.2, 0) is 27.3 Å². The summed E-state index contributed by atoms with van der Waals surface area (Å²) in [5.74, 6) is -1.40.